The lowest BCUT2D eigenvalue weighted by atomic mass is 10.1. The fraction of sp³-hybridized carbons (Fsp3) is 0.235. The Labute approximate surface area is 125 Å². The maximum atomic E-state index is 12.0. The molecule has 2 rings (SSSR count). The number of carbonyl (C=O) groups is 1. The molecule has 4 N–H and O–H groups in total. The molecule has 0 fully saturated rings. The molecule has 2 aromatic carbocycles. The second-order valence-electron chi connectivity index (χ2n) is 4.38. The highest BCUT2D eigenvalue weighted by Gasteiger charge is 2.06. The Morgan fingerprint density at radius 1 is 1.14 bits per heavy atom. The predicted octanol–water partition coefficient (Wildman–Crippen LogP) is 3.35. The molecule has 0 heterocycles. The highest BCUT2D eigenvalue weighted by atomic mass is 16.3. The minimum Gasteiger partial charge on any atom is -0.398 e. The van der Waals surface area contributed by atoms with E-state index in [1.165, 1.54) is 0 Å². The van der Waals surface area contributed by atoms with E-state index < -0.39 is 0 Å². The second-order valence-corrected chi connectivity index (χ2v) is 4.38. The van der Waals surface area contributed by atoms with Crippen molar-refractivity contribution in [1.29, 1.82) is 0 Å². The average molecular weight is 286 g/mol. The summed E-state index contributed by atoms with van der Waals surface area (Å²) < 4.78 is 0. The summed E-state index contributed by atoms with van der Waals surface area (Å²) in [5.74, 6) is -0.201. The normalized spacial score (nSPS) is 9.52. The van der Waals surface area contributed by atoms with E-state index in [1.54, 1.807) is 30.3 Å². The van der Waals surface area contributed by atoms with Gasteiger partial charge in [0, 0.05) is 16.9 Å². The summed E-state index contributed by atoms with van der Waals surface area (Å²) in [7, 11) is 0. The standard InChI is InChI=1S/C15H16N2O2.C2H6/c1-10-2-7-13(8-14(10)16)17-15(19)12-5-3-11(9-18)4-6-12;1-2/h2-8,18H,9,16H2,1H3,(H,17,19);1-2H3. The monoisotopic (exact) mass is 286 g/mol. The fourth-order valence-electron chi connectivity index (χ4n) is 1.68. The number of hydrogen-bond donors (Lipinski definition) is 3. The van der Waals surface area contributed by atoms with E-state index >= 15 is 0 Å². The molecule has 0 aliphatic carbocycles. The number of carbonyl (C=O) groups excluding carboxylic acids is 1. The Morgan fingerprint density at radius 2 is 1.76 bits per heavy atom. The lowest BCUT2D eigenvalue weighted by Crippen LogP contribution is -2.12. The minimum atomic E-state index is -0.201. The van der Waals surface area contributed by atoms with Crippen molar-refractivity contribution in [2.24, 2.45) is 0 Å². The highest BCUT2D eigenvalue weighted by Crippen LogP contribution is 2.17. The average Bonchev–Trinajstić information content (AvgIpc) is 2.53. The van der Waals surface area contributed by atoms with Crippen LogP contribution in [0.2, 0.25) is 0 Å². The van der Waals surface area contributed by atoms with Crippen LogP contribution in [0.5, 0.6) is 0 Å². The molecule has 0 unspecified atom stereocenters. The zero-order chi connectivity index (χ0) is 15.8. The van der Waals surface area contributed by atoms with E-state index in [9.17, 15) is 4.79 Å². The van der Waals surface area contributed by atoms with Crippen molar-refractivity contribution in [1.82, 2.24) is 0 Å². The summed E-state index contributed by atoms with van der Waals surface area (Å²) in [6, 6.07) is 12.2. The van der Waals surface area contributed by atoms with Gasteiger partial charge in [0.1, 0.15) is 0 Å². The molecule has 0 atom stereocenters. The van der Waals surface area contributed by atoms with Crippen molar-refractivity contribution >= 4 is 17.3 Å². The molecule has 1 amide bonds. The van der Waals surface area contributed by atoms with Crippen molar-refractivity contribution in [2.75, 3.05) is 11.1 Å². The van der Waals surface area contributed by atoms with E-state index in [4.69, 9.17) is 10.8 Å². The Hall–Kier alpha value is -2.33. The number of nitrogens with one attached hydrogen (secondary N) is 1. The summed E-state index contributed by atoms with van der Waals surface area (Å²) in [6.45, 7) is 5.88. The molecule has 0 aliphatic heterocycles. The topological polar surface area (TPSA) is 75.3 Å². The summed E-state index contributed by atoms with van der Waals surface area (Å²) >= 11 is 0. The van der Waals surface area contributed by atoms with Gasteiger partial charge in [0.25, 0.3) is 5.91 Å². The molecule has 0 saturated heterocycles. The van der Waals surface area contributed by atoms with Crippen LogP contribution in [0.1, 0.15) is 35.3 Å². The van der Waals surface area contributed by atoms with Crippen LogP contribution in [-0.4, -0.2) is 11.0 Å². The Kier molecular flexibility index (Phi) is 6.43. The highest BCUT2D eigenvalue weighted by molar-refractivity contribution is 6.04. The smallest absolute Gasteiger partial charge is 0.255 e. The molecule has 0 spiro atoms. The van der Waals surface area contributed by atoms with Crippen LogP contribution in [0.25, 0.3) is 0 Å². The molecule has 2 aromatic rings. The molecule has 4 heteroatoms. The van der Waals surface area contributed by atoms with Gasteiger partial charge in [-0.3, -0.25) is 4.79 Å². The molecule has 0 aromatic heterocycles. The number of aliphatic hydroxyl groups excluding tert-OH is 1. The van der Waals surface area contributed by atoms with Crippen molar-refractivity contribution in [3.63, 3.8) is 0 Å². The van der Waals surface area contributed by atoms with E-state index in [2.05, 4.69) is 5.32 Å². The lowest BCUT2D eigenvalue weighted by molar-refractivity contribution is 0.102. The number of aliphatic hydroxyl groups is 1. The summed E-state index contributed by atoms with van der Waals surface area (Å²) in [6.07, 6.45) is 0. The number of nitrogens with two attached hydrogens (primary N) is 1. The minimum absolute atomic E-state index is 0.0314. The van der Waals surface area contributed by atoms with Crippen LogP contribution in [0.4, 0.5) is 11.4 Å². The molecule has 0 radical (unpaired) electrons. The first kappa shape index (κ1) is 16.7. The number of aryl methyl sites for hydroxylation is 1. The third kappa shape index (κ3) is 4.61. The lowest BCUT2D eigenvalue weighted by Gasteiger charge is -2.08. The molecule has 0 saturated carbocycles. The second kappa shape index (κ2) is 8.07. The number of hydrogen-bond acceptors (Lipinski definition) is 3. The molecule has 21 heavy (non-hydrogen) atoms. The maximum Gasteiger partial charge on any atom is 0.255 e. The van der Waals surface area contributed by atoms with Crippen LogP contribution in [0.3, 0.4) is 0 Å². The van der Waals surface area contributed by atoms with E-state index in [0.717, 1.165) is 11.1 Å². The third-order valence-electron chi connectivity index (χ3n) is 2.94. The van der Waals surface area contributed by atoms with Gasteiger partial charge in [0.15, 0.2) is 0 Å². The van der Waals surface area contributed by atoms with Crippen molar-refractivity contribution in [3.05, 3.63) is 59.2 Å². The van der Waals surface area contributed by atoms with Crippen LogP contribution >= 0.6 is 0 Å². The van der Waals surface area contributed by atoms with Crippen LogP contribution < -0.4 is 11.1 Å². The Morgan fingerprint density at radius 3 is 2.29 bits per heavy atom. The summed E-state index contributed by atoms with van der Waals surface area (Å²) in [4.78, 5) is 12.0. The first-order valence-electron chi connectivity index (χ1n) is 6.97. The van der Waals surface area contributed by atoms with Gasteiger partial charge in [-0.1, -0.05) is 32.0 Å². The maximum absolute atomic E-state index is 12.0. The van der Waals surface area contributed by atoms with Gasteiger partial charge < -0.3 is 16.2 Å². The Balaban J connectivity index is 0.00000106. The van der Waals surface area contributed by atoms with Crippen molar-refractivity contribution in [3.8, 4) is 0 Å². The van der Waals surface area contributed by atoms with Crippen LogP contribution in [0.15, 0.2) is 42.5 Å². The molecule has 0 bridgehead atoms. The molecule has 4 nitrogen and oxygen atoms in total. The first-order valence-corrected chi connectivity index (χ1v) is 6.97. The fourth-order valence-corrected chi connectivity index (χ4v) is 1.68. The number of amides is 1. The van der Waals surface area contributed by atoms with E-state index in [0.29, 0.717) is 16.9 Å². The van der Waals surface area contributed by atoms with Gasteiger partial charge in [-0.05, 0) is 42.3 Å². The molecular formula is C17H22N2O2. The van der Waals surface area contributed by atoms with E-state index in [1.807, 2.05) is 32.9 Å². The van der Waals surface area contributed by atoms with Crippen LogP contribution in [-0.2, 0) is 6.61 Å². The third-order valence-corrected chi connectivity index (χ3v) is 2.94. The Bertz CT molecular complexity index is 592. The van der Waals surface area contributed by atoms with Gasteiger partial charge in [-0.25, -0.2) is 0 Å². The van der Waals surface area contributed by atoms with Gasteiger partial charge in [-0.15, -0.1) is 0 Å². The number of benzene rings is 2. The molecular weight excluding hydrogens is 264 g/mol. The van der Waals surface area contributed by atoms with E-state index in [-0.39, 0.29) is 12.5 Å². The number of rotatable bonds is 3. The summed E-state index contributed by atoms with van der Waals surface area (Å²) in [5.41, 5.74) is 9.40. The largest absolute Gasteiger partial charge is 0.398 e. The SMILES string of the molecule is CC.Cc1ccc(NC(=O)c2ccc(CO)cc2)cc1N. The molecule has 112 valence electrons. The number of anilines is 2. The zero-order valence-electron chi connectivity index (χ0n) is 12.7. The van der Waals surface area contributed by atoms with Crippen LogP contribution in [0, 0.1) is 6.92 Å². The van der Waals surface area contributed by atoms with Gasteiger partial charge in [-0.2, -0.15) is 0 Å². The first-order chi connectivity index (χ1) is 10.1. The zero-order valence-corrected chi connectivity index (χ0v) is 12.7. The predicted molar refractivity (Wildman–Crippen MR) is 87.3 cm³/mol. The van der Waals surface area contributed by atoms with Gasteiger partial charge in [0.05, 0.1) is 6.61 Å². The summed E-state index contributed by atoms with van der Waals surface area (Å²) in [5, 5.41) is 11.7. The van der Waals surface area contributed by atoms with Gasteiger partial charge >= 0.3 is 0 Å². The molecule has 0 aliphatic rings. The van der Waals surface area contributed by atoms with Gasteiger partial charge in [0.2, 0.25) is 0 Å². The van der Waals surface area contributed by atoms with Crippen molar-refractivity contribution in [2.45, 2.75) is 27.4 Å². The number of nitrogen functional groups attached to an aromatic ring is 1. The van der Waals surface area contributed by atoms with Crippen molar-refractivity contribution < 1.29 is 9.90 Å². The quantitative estimate of drug-likeness (QED) is 0.757.